The van der Waals surface area contributed by atoms with Gasteiger partial charge in [0, 0.05) is 7.11 Å². The van der Waals surface area contributed by atoms with Crippen LogP contribution in [-0.4, -0.2) is 13.2 Å². The average Bonchev–Trinajstić information content (AvgIpc) is 2.06. The molecular weight excluding hydrogens is 167 g/mol. The van der Waals surface area contributed by atoms with E-state index in [2.05, 4.69) is 0 Å². The van der Waals surface area contributed by atoms with E-state index in [4.69, 9.17) is 4.74 Å². The summed E-state index contributed by atoms with van der Waals surface area (Å²) in [4.78, 5) is 0. The van der Waals surface area contributed by atoms with Crippen LogP contribution in [0.15, 0.2) is 24.3 Å². The van der Waals surface area contributed by atoms with E-state index < -0.39 is 0 Å². The standard InChI is InChI=1S/C11H13FO/c1-13-11-6-9(7-11)8-2-4-10(12)5-3-8/h2-5,9,11H,6-7H2,1H3/t9-,11-. The largest absolute Gasteiger partial charge is 0.381 e. The first-order valence-corrected chi connectivity index (χ1v) is 4.58. The molecule has 1 saturated carbocycles. The van der Waals surface area contributed by atoms with Gasteiger partial charge in [-0.15, -0.1) is 0 Å². The molecule has 13 heavy (non-hydrogen) atoms. The third kappa shape index (κ3) is 1.73. The molecule has 1 aliphatic rings. The number of rotatable bonds is 2. The van der Waals surface area contributed by atoms with Gasteiger partial charge in [-0.2, -0.15) is 0 Å². The lowest BCUT2D eigenvalue weighted by Crippen LogP contribution is -2.28. The highest BCUT2D eigenvalue weighted by atomic mass is 19.1. The van der Waals surface area contributed by atoms with Crippen molar-refractivity contribution in [3.63, 3.8) is 0 Å². The quantitative estimate of drug-likeness (QED) is 0.680. The number of ether oxygens (including phenoxy) is 1. The number of hydrogen-bond donors (Lipinski definition) is 0. The molecule has 2 heteroatoms. The van der Waals surface area contributed by atoms with Gasteiger partial charge in [0.1, 0.15) is 5.82 Å². The fourth-order valence-electron chi connectivity index (χ4n) is 1.77. The molecule has 0 N–H and O–H groups in total. The topological polar surface area (TPSA) is 9.23 Å². The highest BCUT2D eigenvalue weighted by Gasteiger charge is 2.29. The molecule has 70 valence electrons. The normalized spacial score (nSPS) is 26.9. The SMILES string of the molecule is CO[C@H]1C[C@H](c2ccc(F)cc2)C1. The van der Waals surface area contributed by atoms with Crippen LogP contribution in [0, 0.1) is 5.82 Å². The van der Waals surface area contributed by atoms with Gasteiger partial charge in [0.05, 0.1) is 6.10 Å². The average molecular weight is 180 g/mol. The van der Waals surface area contributed by atoms with E-state index in [0.29, 0.717) is 12.0 Å². The van der Waals surface area contributed by atoms with Crippen molar-refractivity contribution < 1.29 is 9.13 Å². The second-order valence-electron chi connectivity index (χ2n) is 3.58. The van der Waals surface area contributed by atoms with Crippen molar-refractivity contribution in [2.24, 2.45) is 0 Å². The molecule has 0 heterocycles. The van der Waals surface area contributed by atoms with Crippen LogP contribution in [0.5, 0.6) is 0 Å². The van der Waals surface area contributed by atoms with Gasteiger partial charge >= 0.3 is 0 Å². The molecule has 0 saturated heterocycles. The molecule has 1 aromatic carbocycles. The van der Waals surface area contributed by atoms with Gasteiger partial charge in [0.25, 0.3) is 0 Å². The second kappa shape index (κ2) is 3.46. The molecular formula is C11H13FO. The Labute approximate surface area is 77.5 Å². The maximum Gasteiger partial charge on any atom is 0.123 e. The van der Waals surface area contributed by atoms with Crippen LogP contribution in [0.2, 0.25) is 0 Å². The summed E-state index contributed by atoms with van der Waals surface area (Å²) in [5, 5.41) is 0. The van der Waals surface area contributed by atoms with Gasteiger partial charge in [0.2, 0.25) is 0 Å². The minimum atomic E-state index is -0.161. The van der Waals surface area contributed by atoms with Gasteiger partial charge in [-0.1, -0.05) is 12.1 Å². The van der Waals surface area contributed by atoms with E-state index in [9.17, 15) is 4.39 Å². The summed E-state index contributed by atoms with van der Waals surface area (Å²) >= 11 is 0. The highest BCUT2D eigenvalue weighted by molar-refractivity contribution is 5.23. The minimum Gasteiger partial charge on any atom is -0.381 e. The molecule has 0 aromatic heterocycles. The molecule has 0 amide bonds. The van der Waals surface area contributed by atoms with E-state index in [0.717, 1.165) is 12.8 Å². The predicted molar refractivity (Wildman–Crippen MR) is 49.2 cm³/mol. The third-order valence-corrected chi connectivity index (χ3v) is 2.77. The molecule has 1 aromatic rings. The predicted octanol–water partition coefficient (Wildman–Crippen LogP) is 2.72. The maximum absolute atomic E-state index is 12.6. The van der Waals surface area contributed by atoms with Crippen molar-refractivity contribution >= 4 is 0 Å². The first kappa shape index (κ1) is 8.70. The minimum absolute atomic E-state index is 0.161. The zero-order chi connectivity index (χ0) is 9.26. The fraction of sp³-hybridized carbons (Fsp3) is 0.455. The first-order valence-electron chi connectivity index (χ1n) is 4.58. The van der Waals surface area contributed by atoms with Gasteiger partial charge in [-0.3, -0.25) is 0 Å². The molecule has 1 nitrogen and oxygen atoms in total. The van der Waals surface area contributed by atoms with E-state index >= 15 is 0 Å². The molecule has 0 atom stereocenters. The first-order chi connectivity index (χ1) is 6.29. The zero-order valence-electron chi connectivity index (χ0n) is 7.66. The highest BCUT2D eigenvalue weighted by Crippen LogP contribution is 2.38. The Bertz CT molecular complexity index is 275. The number of hydrogen-bond acceptors (Lipinski definition) is 1. The van der Waals surface area contributed by atoms with Crippen molar-refractivity contribution in [1.29, 1.82) is 0 Å². The van der Waals surface area contributed by atoms with Crippen LogP contribution >= 0.6 is 0 Å². The lowest BCUT2D eigenvalue weighted by molar-refractivity contribution is 0.0257. The summed E-state index contributed by atoms with van der Waals surface area (Å²) in [6.45, 7) is 0. The summed E-state index contributed by atoms with van der Waals surface area (Å²) in [6, 6.07) is 6.78. The van der Waals surface area contributed by atoms with Gasteiger partial charge in [-0.25, -0.2) is 4.39 Å². The van der Waals surface area contributed by atoms with E-state index in [1.807, 2.05) is 12.1 Å². The van der Waals surface area contributed by atoms with Crippen LogP contribution in [0.4, 0.5) is 4.39 Å². The Morgan fingerprint density at radius 2 is 1.85 bits per heavy atom. The molecule has 0 unspecified atom stereocenters. The zero-order valence-corrected chi connectivity index (χ0v) is 7.66. The van der Waals surface area contributed by atoms with E-state index in [-0.39, 0.29) is 5.82 Å². The Balaban J connectivity index is 1.99. The van der Waals surface area contributed by atoms with Crippen LogP contribution in [0.25, 0.3) is 0 Å². The summed E-state index contributed by atoms with van der Waals surface area (Å²) < 4.78 is 17.8. The smallest absolute Gasteiger partial charge is 0.123 e. The van der Waals surface area contributed by atoms with Crippen LogP contribution in [-0.2, 0) is 4.74 Å². The lowest BCUT2D eigenvalue weighted by Gasteiger charge is -2.34. The molecule has 1 fully saturated rings. The lowest BCUT2D eigenvalue weighted by atomic mass is 9.77. The Morgan fingerprint density at radius 3 is 2.38 bits per heavy atom. The summed E-state index contributed by atoms with van der Waals surface area (Å²) in [7, 11) is 1.74. The molecule has 0 bridgehead atoms. The van der Waals surface area contributed by atoms with Gasteiger partial charge in [0.15, 0.2) is 0 Å². The molecule has 0 radical (unpaired) electrons. The molecule has 1 aliphatic carbocycles. The Kier molecular flexibility index (Phi) is 2.32. The number of halogens is 1. The van der Waals surface area contributed by atoms with Gasteiger partial charge in [-0.05, 0) is 36.5 Å². The number of methoxy groups -OCH3 is 1. The molecule has 0 aliphatic heterocycles. The number of benzene rings is 1. The van der Waals surface area contributed by atoms with Crippen molar-refractivity contribution in [3.8, 4) is 0 Å². The Hall–Kier alpha value is -0.890. The van der Waals surface area contributed by atoms with E-state index in [1.165, 1.54) is 17.7 Å². The second-order valence-corrected chi connectivity index (χ2v) is 3.58. The van der Waals surface area contributed by atoms with E-state index in [1.54, 1.807) is 7.11 Å². The summed E-state index contributed by atoms with van der Waals surface area (Å²) in [5.74, 6) is 0.414. The van der Waals surface area contributed by atoms with Crippen LogP contribution < -0.4 is 0 Å². The molecule has 0 spiro atoms. The maximum atomic E-state index is 12.6. The van der Waals surface area contributed by atoms with Crippen LogP contribution in [0.3, 0.4) is 0 Å². The third-order valence-electron chi connectivity index (χ3n) is 2.77. The van der Waals surface area contributed by atoms with Gasteiger partial charge < -0.3 is 4.74 Å². The summed E-state index contributed by atoms with van der Waals surface area (Å²) in [5.41, 5.74) is 1.23. The van der Waals surface area contributed by atoms with Crippen molar-refractivity contribution in [2.75, 3.05) is 7.11 Å². The van der Waals surface area contributed by atoms with Crippen molar-refractivity contribution in [1.82, 2.24) is 0 Å². The van der Waals surface area contributed by atoms with Crippen molar-refractivity contribution in [3.05, 3.63) is 35.6 Å². The fourth-order valence-corrected chi connectivity index (χ4v) is 1.77. The Morgan fingerprint density at radius 1 is 1.23 bits per heavy atom. The summed E-state index contributed by atoms with van der Waals surface area (Å²) in [6.07, 6.45) is 2.56. The van der Waals surface area contributed by atoms with Crippen molar-refractivity contribution in [2.45, 2.75) is 24.9 Å². The molecule has 2 rings (SSSR count). The van der Waals surface area contributed by atoms with Crippen LogP contribution in [0.1, 0.15) is 24.3 Å². The monoisotopic (exact) mass is 180 g/mol.